The maximum atomic E-state index is 11.6. The van der Waals surface area contributed by atoms with Crippen molar-refractivity contribution in [1.29, 1.82) is 0 Å². The Bertz CT molecular complexity index is 470. The molecule has 0 saturated heterocycles. The second-order valence-electron chi connectivity index (χ2n) is 4.84. The van der Waals surface area contributed by atoms with E-state index in [1.54, 1.807) is 27.0 Å². The van der Waals surface area contributed by atoms with Crippen LogP contribution in [-0.2, 0) is 16.0 Å². The van der Waals surface area contributed by atoms with Crippen molar-refractivity contribution < 1.29 is 19.4 Å². The first-order valence-electron chi connectivity index (χ1n) is 5.50. The van der Waals surface area contributed by atoms with Crippen molar-refractivity contribution in [3.05, 3.63) is 15.5 Å². The number of hydrogen-bond acceptors (Lipinski definition) is 5. The average Bonchev–Trinajstić information content (AvgIpc) is 2.60. The molecule has 0 aliphatic carbocycles. The van der Waals surface area contributed by atoms with Crippen molar-refractivity contribution in [1.82, 2.24) is 9.69 Å². The van der Waals surface area contributed by atoms with Crippen molar-refractivity contribution in [2.45, 2.75) is 38.8 Å². The summed E-state index contributed by atoms with van der Waals surface area (Å²) in [6.45, 7) is 5.13. The first kappa shape index (κ1) is 15.9. The summed E-state index contributed by atoms with van der Waals surface area (Å²) in [7, 11) is 0. The molecule has 0 saturated carbocycles. The molecule has 8 heteroatoms. The topological polar surface area (TPSA) is 88.5 Å². The summed E-state index contributed by atoms with van der Waals surface area (Å²) in [6.07, 6.45) is 0.993. The standard InChI is InChI=1S/C11H15BrN2O4S/c1-11(2,3)18-10(17)14-7(9(15)16)4-8-6(12)5-13-19-8/h5,7H,4H2,1-3H3,(H,14,17)(H,15,16). The Kier molecular flexibility index (Phi) is 5.30. The molecule has 1 aromatic rings. The third-order valence-corrected chi connectivity index (χ3v) is 3.74. The van der Waals surface area contributed by atoms with Crippen LogP contribution in [0, 0.1) is 0 Å². The van der Waals surface area contributed by atoms with Crippen LogP contribution in [0.2, 0.25) is 0 Å². The summed E-state index contributed by atoms with van der Waals surface area (Å²) >= 11 is 4.45. The first-order chi connectivity index (χ1) is 8.69. The van der Waals surface area contributed by atoms with Crippen LogP contribution in [0.3, 0.4) is 0 Å². The van der Waals surface area contributed by atoms with Gasteiger partial charge in [0.25, 0.3) is 0 Å². The molecule has 6 nitrogen and oxygen atoms in total. The van der Waals surface area contributed by atoms with E-state index in [-0.39, 0.29) is 6.42 Å². The molecular weight excluding hydrogens is 336 g/mol. The van der Waals surface area contributed by atoms with E-state index in [0.29, 0.717) is 0 Å². The number of hydrogen-bond donors (Lipinski definition) is 2. The van der Waals surface area contributed by atoms with E-state index < -0.39 is 23.7 Å². The van der Waals surface area contributed by atoms with Gasteiger partial charge in [0.05, 0.1) is 10.7 Å². The lowest BCUT2D eigenvalue weighted by atomic mass is 10.2. The lowest BCUT2D eigenvalue weighted by molar-refractivity contribution is -0.139. The molecule has 19 heavy (non-hydrogen) atoms. The second kappa shape index (κ2) is 6.33. The molecule has 1 aromatic heterocycles. The van der Waals surface area contributed by atoms with Gasteiger partial charge in [-0.25, -0.2) is 9.59 Å². The lowest BCUT2D eigenvalue weighted by Crippen LogP contribution is -2.44. The fourth-order valence-electron chi connectivity index (χ4n) is 1.22. The Balaban J connectivity index is 2.67. The predicted octanol–water partition coefficient (Wildman–Crippen LogP) is 2.43. The van der Waals surface area contributed by atoms with E-state index in [9.17, 15) is 9.59 Å². The summed E-state index contributed by atoms with van der Waals surface area (Å²) in [6, 6.07) is -1.05. The molecule has 1 unspecified atom stereocenters. The maximum absolute atomic E-state index is 11.6. The first-order valence-corrected chi connectivity index (χ1v) is 7.07. The Morgan fingerprint density at radius 3 is 2.63 bits per heavy atom. The van der Waals surface area contributed by atoms with Crippen LogP contribution in [0.1, 0.15) is 25.6 Å². The van der Waals surface area contributed by atoms with E-state index in [1.807, 2.05) is 0 Å². The second-order valence-corrected chi connectivity index (χ2v) is 6.58. The van der Waals surface area contributed by atoms with Crippen molar-refractivity contribution >= 4 is 39.5 Å². The molecule has 1 atom stereocenters. The zero-order valence-electron chi connectivity index (χ0n) is 10.8. The molecule has 0 fully saturated rings. The van der Waals surface area contributed by atoms with Gasteiger partial charge in [0.2, 0.25) is 0 Å². The number of nitrogens with zero attached hydrogens (tertiary/aromatic N) is 1. The number of aromatic nitrogens is 1. The van der Waals surface area contributed by atoms with Gasteiger partial charge in [-0.3, -0.25) is 0 Å². The van der Waals surface area contributed by atoms with Crippen molar-refractivity contribution in [2.24, 2.45) is 0 Å². The number of nitrogens with one attached hydrogen (secondary N) is 1. The number of aliphatic carboxylic acids is 1. The minimum Gasteiger partial charge on any atom is -0.480 e. The van der Waals surface area contributed by atoms with E-state index in [4.69, 9.17) is 9.84 Å². The number of carbonyl (C=O) groups is 2. The fourth-order valence-corrected chi connectivity index (χ4v) is 2.51. The molecule has 1 amide bonds. The minimum atomic E-state index is -1.12. The Morgan fingerprint density at radius 2 is 2.21 bits per heavy atom. The van der Waals surface area contributed by atoms with Gasteiger partial charge in [-0.2, -0.15) is 4.37 Å². The number of carboxylic acid groups (broad SMARTS) is 1. The summed E-state index contributed by atoms with van der Waals surface area (Å²) in [5.74, 6) is -1.12. The molecule has 1 rings (SSSR count). The molecule has 0 aliphatic rings. The van der Waals surface area contributed by atoms with Gasteiger partial charge >= 0.3 is 12.1 Å². The largest absolute Gasteiger partial charge is 0.480 e. The molecule has 106 valence electrons. The van der Waals surface area contributed by atoms with Gasteiger partial charge in [0.1, 0.15) is 11.6 Å². The zero-order chi connectivity index (χ0) is 14.6. The van der Waals surface area contributed by atoms with Gasteiger partial charge in [0, 0.05) is 11.3 Å². The quantitative estimate of drug-likeness (QED) is 0.870. The van der Waals surface area contributed by atoms with Gasteiger partial charge < -0.3 is 15.2 Å². The highest BCUT2D eigenvalue weighted by Crippen LogP contribution is 2.21. The van der Waals surface area contributed by atoms with Crippen LogP contribution in [0.25, 0.3) is 0 Å². The SMILES string of the molecule is CC(C)(C)OC(=O)NC(Cc1sncc1Br)C(=O)O. The highest BCUT2D eigenvalue weighted by molar-refractivity contribution is 9.10. The van der Waals surface area contributed by atoms with Gasteiger partial charge in [-0.1, -0.05) is 0 Å². The normalized spacial score (nSPS) is 12.8. The third-order valence-electron chi connectivity index (χ3n) is 1.97. The van der Waals surface area contributed by atoms with E-state index in [2.05, 4.69) is 25.6 Å². The van der Waals surface area contributed by atoms with E-state index in [1.165, 1.54) is 11.5 Å². The number of rotatable bonds is 4. The van der Waals surface area contributed by atoms with E-state index in [0.717, 1.165) is 9.35 Å². The van der Waals surface area contributed by atoms with Gasteiger partial charge in [-0.15, -0.1) is 0 Å². The number of alkyl carbamates (subject to hydrolysis) is 1. The number of carboxylic acids is 1. The predicted molar refractivity (Wildman–Crippen MR) is 74.3 cm³/mol. The van der Waals surface area contributed by atoms with Crippen LogP contribution in [0.15, 0.2) is 10.7 Å². The van der Waals surface area contributed by atoms with Crippen LogP contribution in [0.4, 0.5) is 4.79 Å². The Hall–Kier alpha value is -1.15. The molecule has 0 spiro atoms. The maximum Gasteiger partial charge on any atom is 0.408 e. The van der Waals surface area contributed by atoms with Gasteiger partial charge in [0.15, 0.2) is 0 Å². The third kappa shape index (κ3) is 5.56. The number of carbonyl (C=O) groups excluding carboxylic acids is 1. The number of amides is 1. The van der Waals surface area contributed by atoms with E-state index >= 15 is 0 Å². The molecule has 0 aliphatic heterocycles. The lowest BCUT2D eigenvalue weighted by Gasteiger charge is -2.21. The van der Waals surface area contributed by atoms with Crippen molar-refractivity contribution in [3.63, 3.8) is 0 Å². The minimum absolute atomic E-state index is 0.153. The molecule has 0 aromatic carbocycles. The van der Waals surface area contributed by atoms with Gasteiger partial charge in [-0.05, 0) is 48.2 Å². The molecule has 0 radical (unpaired) electrons. The van der Waals surface area contributed by atoms with Crippen LogP contribution >= 0.6 is 27.5 Å². The van der Waals surface area contributed by atoms with Crippen molar-refractivity contribution in [3.8, 4) is 0 Å². The number of ether oxygens (including phenoxy) is 1. The summed E-state index contributed by atoms with van der Waals surface area (Å²) in [5, 5.41) is 11.4. The Morgan fingerprint density at radius 1 is 1.58 bits per heavy atom. The summed E-state index contributed by atoms with van der Waals surface area (Å²) < 4.78 is 9.69. The number of halogens is 1. The highest BCUT2D eigenvalue weighted by Gasteiger charge is 2.25. The fraction of sp³-hybridized carbons (Fsp3) is 0.545. The molecule has 1 heterocycles. The van der Waals surface area contributed by atoms with Crippen LogP contribution in [0.5, 0.6) is 0 Å². The molecule has 2 N–H and O–H groups in total. The van der Waals surface area contributed by atoms with Crippen molar-refractivity contribution in [2.75, 3.05) is 0 Å². The summed E-state index contributed by atoms with van der Waals surface area (Å²) in [5.41, 5.74) is -0.668. The van der Waals surface area contributed by atoms with Crippen LogP contribution < -0.4 is 5.32 Å². The molecular formula is C11H15BrN2O4S. The zero-order valence-corrected chi connectivity index (χ0v) is 13.2. The Labute approximate surface area is 123 Å². The monoisotopic (exact) mass is 350 g/mol. The van der Waals surface area contributed by atoms with Crippen LogP contribution in [-0.4, -0.2) is 33.2 Å². The highest BCUT2D eigenvalue weighted by atomic mass is 79.9. The average molecular weight is 351 g/mol. The summed E-state index contributed by atoms with van der Waals surface area (Å²) in [4.78, 5) is 23.5. The smallest absolute Gasteiger partial charge is 0.408 e. The molecule has 0 bridgehead atoms.